The highest BCUT2D eigenvalue weighted by Crippen LogP contribution is 2.30. The summed E-state index contributed by atoms with van der Waals surface area (Å²) >= 11 is 0. The number of nitro benzene ring substituents is 1. The van der Waals surface area contributed by atoms with Crippen molar-refractivity contribution in [3.05, 3.63) is 64.2 Å². The molecule has 0 heterocycles. The Bertz CT molecular complexity index is 584. The molecule has 0 saturated heterocycles. The molecule has 3 nitrogen and oxygen atoms in total. The summed E-state index contributed by atoms with van der Waals surface area (Å²) in [4.78, 5) is 10.2. The first-order valence-corrected chi connectivity index (χ1v) is 4.78. The van der Waals surface area contributed by atoms with Gasteiger partial charge in [0.05, 0.1) is 10.5 Å². The third-order valence-corrected chi connectivity index (χ3v) is 2.33. The van der Waals surface area contributed by atoms with Gasteiger partial charge in [-0.1, -0.05) is 18.2 Å². The Labute approximate surface area is 95.5 Å². The summed E-state index contributed by atoms with van der Waals surface area (Å²) in [7, 11) is 0. The Balaban J connectivity index is 2.60. The molecule has 0 amide bonds. The molecule has 0 radical (unpaired) electrons. The van der Waals surface area contributed by atoms with Crippen molar-refractivity contribution in [2.24, 2.45) is 0 Å². The van der Waals surface area contributed by atoms with E-state index in [0.29, 0.717) is 0 Å². The molecule has 0 spiro atoms. The SMILES string of the molecule is O=[N+]([O-])c1ccccc1-c1ccc(F)c(F)c1. The number of hydrogen-bond donors (Lipinski definition) is 0. The number of nitro groups is 1. The van der Waals surface area contributed by atoms with Crippen LogP contribution in [0.3, 0.4) is 0 Å². The topological polar surface area (TPSA) is 43.1 Å². The van der Waals surface area contributed by atoms with E-state index in [4.69, 9.17) is 0 Å². The predicted molar refractivity (Wildman–Crippen MR) is 58.4 cm³/mol. The van der Waals surface area contributed by atoms with Crippen LogP contribution in [0.25, 0.3) is 11.1 Å². The molecular formula is C12H7F2NO2. The first-order chi connectivity index (χ1) is 8.09. The molecular weight excluding hydrogens is 228 g/mol. The Morgan fingerprint density at radius 3 is 2.35 bits per heavy atom. The maximum atomic E-state index is 13.1. The third-order valence-electron chi connectivity index (χ3n) is 2.33. The fourth-order valence-corrected chi connectivity index (χ4v) is 1.54. The Hall–Kier alpha value is -2.30. The molecule has 0 aromatic heterocycles. The zero-order chi connectivity index (χ0) is 12.4. The monoisotopic (exact) mass is 235 g/mol. The van der Waals surface area contributed by atoms with Gasteiger partial charge in [-0.3, -0.25) is 10.1 Å². The smallest absolute Gasteiger partial charge is 0.258 e. The van der Waals surface area contributed by atoms with Gasteiger partial charge in [0.25, 0.3) is 5.69 Å². The second-order valence-electron chi connectivity index (χ2n) is 3.40. The highest BCUT2D eigenvalue weighted by atomic mass is 19.2. The largest absolute Gasteiger partial charge is 0.277 e. The van der Waals surface area contributed by atoms with Gasteiger partial charge >= 0.3 is 0 Å². The van der Waals surface area contributed by atoms with E-state index in [-0.39, 0.29) is 16.8 Å². The van der Waals surface area contributed by atoms with E-state index in [1.54, 1.807) is 6.07 Å². The molecule has 0 aliphatic heterocycles. The molecule has 0 atom stereocenters. The summed E-state index contributed by atoms with van der Waals surface area (Å²) in [6.45, 7) is 0. The molecule has 0 aliphatic carbocycles. The number of nitrogens with zero attached hydrogens (tertiary/aromatic N) is 1. The van der Waals surface area contributed by atoms with E-state index in [2.05, 4.69) is 0 Å². The molecule has 5 heteroatoms. The fourth-order valence-electron chi connectivity index (χ4n) is 1.54. The first kappa shape index (κ1) is 11.2. The van der Waals surface area contributed by atoms with Crippen LogP contribution in [0.15, 0.2) is 42.5 Å². The van der Waals surface area contributed by atoms with Gasteiger partial charge in [0.15, 0.2) is 11.6 Å². The number of halogens is 2. The lowest BCUT2D eigenvalue weighted by Gasteiger charge is -2.03. The van der Waals surface area contributed by atoms with Crippen molar-refractivity contribution in [1.29, 1.82) is 0 Å². The number of rotatable bonds is 2. The summed E-state index contributed by atoms with van der Waals surface area (Å²) in [5.41, 5.74) is 0.395. The maximum Gasteiger partial charge on any atom is 0.277 e. The molecule has 2 aromatic rings. The molecule has 2 aromatic carbocycles. The van der Waals surface area contributed by atoms with Gasteiger partial charge < -0.3 is 0 Å². The van der Waals surface area contributed by atoms with Crippen molar-refractivity contribution in [3.63, 3.8) is 0 Å². The third kappa shape index (κ3) is 2.13. The summed E-state index contributed by atoms with van der Waals surface area (Å²) in [6.07, 6.45) is 0. The molecule has 17 heavy (non-hydrogen) atoms. The van der Waals surface area contributed by atoms with E-state index in [1.807, 2.05) is 0 Å². The van der Waals surface area contributed by atoms with Crippen molar-refractivity contribution < 1.29 is 13.7 Å². The quantitative estimate of drug-likeness (QED) is 0.590. The van der Waals surface area contributed by atoms with Crippen molar-refractivity contribution >= 4 is 5.69 Å². The van der Waals surface area contributed by atoms with Crippen molar-refractivity contribution in [3.8, 4) is 11.1 Å². The van der Waals surface area contributed by atoms with Crippen LogP contribution in [0.1, 0.15) is 0 Å². The van der Waals surface area contributed by atoms with Crippen LogP contribution in [0.4, 0.5) is 14.5 Å². The van der Waals surface area contributed by atoms with Crippen molar-refractivity contribution in [2.75, 3.05) is 0 Å². The Kier molecular flexibility index (Phi) is 2.82. The van der Waals surface area contributed by atoms with Gasteiger partial charge in [0.2, 0.25) is 0 Å². The van der Waals surface area contributed by atoms with Gasteiger partial charge in [0, 0.05) is 6.07 Å². The summed E-state index contributed by atoms with van der Waals surface area (Å²) in [5.74, 6) is -2.01. The van der Waals surface area contributed by atoms with E-state index >= 15 is 0 Å². The molecule has 0 saturated carbocycles. The maximum absolute atomic E-state index is 13.1. The first-order valence-electron chi connectivity index (χ1n) is 4.78. The lowest BCUT2D eigenvalue weighted by atomic mass is 10.0. The van der Waals surface area contributed by atoms with Crippen molar-refractivity contribution in [2.45, 2.75) is 0 Å². The van der Waals surface area contributed by atoms with Crippen molar-refractivity contribution in [1.82, 2.24) is 0 Å². The Morgan fingerprint density at radius 2 is 1.71 bits per heavy atom. The van der Waals surface area contributed by atoms with Gasteiger partial charge in [-0.05, 0) is 23.8 Å². The zero-order valence-corrected chi connectivity index (χ0v) is 8.56. The van der Waals surface area contributed by atoms with Crippen LogP contribution in [0.5, 0.6) is 0 Å². The van der Waals surface area contributed by atoms with E-state index in [1.165, 1.54) is 24.3 Å². The fraction of sp³-hybridized carbons (Fsp3) is 0. The number of para-hydroxylation sites is 1. The number of hydrogen-bond acceptors (Lipinski definition) is 2. The summed E-state index contributed by atoms with van der Waals surface area (Å²) in [6, 6.07) is 9.12. The van der Waals surface area contributed by atoms with Gasteiger partial charge in [0.1, 0.15) is 0 Å². The predicted octanol–water partition coefficient (Wildman–Crippen LogP) is 3.54. The zero-order valence-electron chi connectivity index (χ0n) is 8.56. The minimum atomic E-state index is -1.03. The van der Waals surface area contributed by atoms with Gasteiger partial charge in [-0.15, -0.1) is 0 Å². The molecule has 0 bridgehead atoms. The molecule has 86 valence electrons. The van der Waals surface area contributed by atoms with Gasteiger partial charge in [-0.2, -0.15) is 0 Å². The van der Waals surface area contributed by atoms with Crippen LogP contribution in [-0.4, -0.2) is 4.92 Å². The van der Waals surface area contributed by atoms with Crippen LogP contribution >= 0.6 is 0 Å². The average molecular weight is 235 g/mol. The molecule has 0 fully saturated rings. The van der Waals surface area contributed by atoms with Crippen LogP contribution < -0.4 is 0 Å². The molecule has 2 rings (SSSR count). The van der Waals surface area contributed by atoms with E-state index in [0.717, 1.165) is 12.1 Å². The highest BCUT2D eigenvalue weighted by Gasteiger charge is 2.15. The second kappa shape index (κ2) is 4.29. The normalized spacial score (nSPS) is 10.2. The highest BCUT2D eigenvalue weighted by molar-refractivity contribution is 5.73. The molecule has 0 aliphatic rings. The summed E-state index contributed by atoms with van der Waals surface area (Å²) < 4.78 is 25.8. The minimum Gasteiger partial charge on any atom is -0.258 e. The minimum absolute atomic E-state index is 0.140. The van der Waals surface area contributed by atoms with Crippen LogP contribution in [-0.2, 0) is 0 Å². The molecule has 0 unspecified atom stereocenters. The van der Waals surface area contributed by atoms with Crippen LogP contribution in [0.2, 0.25) is 0 Å². The Morgan fingerprint density at radius 1 is 1.00 bits per heavy atom. The number of benzene rings is 2. The van der Waals surface area contributed by atoms with E-state index < -0.39 is 16.6 Å². The molecule has 0 N–H and O–H groups in total. The summed E-state index contributed by atoms with van der Waals surface area (Å²) in [5, 5.41) is 10.8. The second-order valence-corrected chi connectivity index (χ2v) is 3.40. The van der Waals surface area contributed by atoms with E-state index in [9.17, 15) is 18.9 Å². The van der Waals surface area contributed by atoms with Crippen LogP contribution in [0, 0.1) is 21.7 Å². The lowest BCUT2D eigenvalue weighted by Crippen LogP contribution is -1.92. The average Bonchev–Trinajstić information content (AvgIpc) is 2.32. The standard InChI is InChI=1S/C12H7F2NO2/c13-10-6-5-8(7-11(10)14)9-3-1-2-4-12(9)15(16)17/h1-7H. The lowest BCUT2D eigenvalue weighted by molar-refractivity contribution is -0.384. The van der Waals surface area contributed by atoms with Gasteiger partial charge in [-0.25, -0.2) is 8.78 Å².